The first kappa shape index (κ1) is 21.8. The lowest BCUT2D eigenvalue weighted by atomic mass is 10.1. The van der Waals surface area contributed by atoms with E-state index in [4.69, 9.17) is 4.74 Å². The lowest BCUT2D eigenvalue weighted by molar-refractivity contribution is -0.110. The summed E-state index contributed by atoms with van der Waals surface area (Å²) in [5, 5.41) is 0. The summed E-state index contributed by atoms with van der Waals surface area (Å²) in [6, 6.07) is 19.1. The Morgan fingerprint density at radius 2 is 1.74 bits per heavy atom. The van der Waals surface area contributed by atoms with Crippen LogP contribution in [-0.4, -0.2) is 41.7 Å². The Morgan fingerprint density at radius 3 is 2.45 bits per heavy atom. The van der Waals surface area contributed by atoms with Crippen LogP contribution in [0, 0.1) is 5.82 Å². The first-order chi connectivity index (χ1) is 15.2. The summed E-state index contributed by atoms with van der Waals surface area (Å²) < 4.78 is 20.1. The van der Waals surface area contributed by atoms with Crippen LogP contribution in [0.2, 0.25) is 0 Å². The number of morpholine rings is 1. The van der Waals surface area contributed by atoms with Crippen LogP contribution in [0.25, 0.3) is 11.3 Å². The molecule has 0 N–H and O–H groups in total. The van der Waals surface area contributed by atoms with Gasteiger partial charge in [-0.1, -0.05) is 54.6 Å². The van der Waals surface area contributed by atoms with Gasteiger partial charge >= 0.3 is 0 Å². The van der Waals surface area contributed by atoms with Crippen molar-refractivity contribution in [2.45, 2.75) is 19.1 Å². The van der Waals surface area contributed by atoms with Gasteiger partial charge in [0, 0.05) is 37.8 Å². The molecule has 0 aliphatic carbocycles. The normalized spacial score (nSPS) is 14.9. The van der Waals surface area contributed by atoms with E-state index in [1.54, 1.807) is 12.3 Å². The summed E-state index contributed by atoms with van der Waals surface area (Å²) in [4.78, 5) is 18.9. The van der Waals surface area contributed by atoms with E-state index in [-0.39, 0.29) is 19.9 Å². The number of pyridine rings is 1. The van der Waals surface area contributed by atoms with Gasteiger partial charge in [0.1, 0.15) is 11.5 Å². The number of hydrogen-bond acceptors (Lipinski definition) is 4. The zero-order chi connectivity index (χ0) is 21.5. The number of nitrogens with zero attached hydrogens (tertiary/aromatic N) is 2. The fourth-order valence-electron chi connectivity index (χ4n) is 3.62. The van der Waals surface area contributed by atoms with E-state index in [2.05, 4.69) is 9.88 Å². The van der Waals surface area contributed by atoms with Crippen molar-refractivity contribution in [2.24, 2.45) is 0 Å². The average Bonchev–Trinajstić information content (AvgIpc) is 2.80. The maximum absolute atomic E-state index is 14.7. The third kappa shape index (κ3) is 6.27. The molecule has 0 amide bonds. The molecular weight excluding hydrogens is 410 g/mol. The SMILES string of the molecule is O=C(Cc1ccc(-c2ncc(CN3CCOCC3)cc2F)cc1)PCc1ccccc1. The predicted molar refractivity (Wildman–Crippen MR) is 123 cm³/mol. The molecule has 0 radical (unpaired) electrons. The number of aromatic nitrogens is 1. The standard InChI is InChI=1S/C25H26FN2O2P/c26-23-14-21(17-28-10-12-30-13-11-28)16-27-25(23)22-8-6-19(7-9-22)15-24(29)31-18-20-4-2-1-3-5-20/h1-9,14,16,31H,10-13,15,17-18H2. The predicted octanol–water partition coefficient (Wildman–Crippen LogP) is 4.67. The Labute approximate surface area is 184 Å². The summed E-state index contributed by atoms with van der Waals surface area (Å²) in [7, 11) is 0.254. The Hall–Kier alpha value is -2.46. The molecule has 3 aromatic rings. The molecule has 2 heterocycles. The van der Waals surface area contributed by atoms with Crippen molar-refractivity contribution in [2.75, 3.05) is 26.3 Å². The second kappa shape index (κ2) is 10.7. The monoisotopic (exact) mass is 436 g/mol. The van der Waals surface area contributed by atoms with Crippen LogP contribution < -0.4 is 0 Å². The Kier molecular flexibility index (Phi) is 7.52. The van der Waals surface area contributed by atoms with Crippen molar-refractivity contribution in [3.8, 4) is 11.3 Å². The molecule has 1 unspecified atom stereocenters. The second-order valence-corrected chi connectivity index (χ2v) is 8.96. The van der Waals surface area contributed by atoms with Crippen LogP contribution in [0.3, 0.4) is 0 Å². The molecule has 1 saturated heterocycles. The van der Waals surface area contributed by atoms with Gasteiger partial charge in [0.2, 0.25) is 0 Å². The van der Waals surface area contributed by atoms with Crippen LogP contribution in [0.4, 0.5) is 4.39 Å². The van der Waals surface area contributed by atoms with E-state index in [1.807, 2.05) is 54.6 Å². The van der Waals surface area contributed by atoms with E-state index < -0.39 is 0 Å². The number of hydrogen-bond donors (Lipinski definition) is 0. The third-order valence-corrected chi connectivity index (χ3v) is 6.49. The zero-order valence-corrected chi connectivity index (χ0v) is 18.4. The van der Waals surface area contributed by atoms with Crippen molar-refractivity contribution < 1.29 is 13.9 Å². The molecule has 6 heteroatoms. The molecule has 2 aromatic carbocycles. The third-order valence-electron chi connectivity index (χ3n) is 5.33. The van der Waals surface area contributed by atoms with Crippen LogP contribution in [0.5, 0.6) is 0 Å². The number of halogens is 1. The molecule has 0 spiro atoms. The van der Waals surface area contributed by atoms with Crippen LogP contribution in [0.1, 0.15) is 16.7 Å². The highest BCUT2D eigenvalue weighted by Gasteiger charge is 2.14. The van der Waals surface area contributed by atoms with Crippen LogP contribution in [-0.2, 0) is 28.7 Å². The van der Waals surface area contributed by atoms with Gasteiger partial charge in [-0.2, -0.15) is 0 Å². The van der Waals surface area contributed by atoms with Crippen molar-refractivity contribution in [3.05, 3.63) is 89.4 Å². The summed E-state index contributed by atoms with van der Waals surface area (Å²) in [5.74, 6) is -0.320. The maximum Gasteiger partial charge on any atom is 0.156 e. The summed E-state index contributed by atoms with van der Waals surface area (Å²) in [6.45, 7) is 3.83. The minimum absolute atomic E-state index is 0.230. The fourth-order valence-corrected chi connectivity index (χ4v) is 4.58. The van der Waals surface area contributed by atoms with Crippen molar-refractivity contribution in [1.82, 2.24) is 9.88 Å². The Balaban J connectivity index is 1.34. The molecule has 1 fully saturated rings. The van der Waals surface area contributed by atoms with Gasteiger partial charge in [0.05, 0.1) is 13.2 Å². The average molecular weight is 436 g/mol. The number of rotatable bonds is 8. The molecule has 0 saturated carbocycles. The maximum atomic E-state index is 14.7. The number of benzene rings is 2. The van der Waals surface area contributed by atoms with E-state index in [1.165, 1.54) is 5.56 Å². The molecular formula is C25H26FN2O2P. The van der Waals surface area contributed by atoms with Crippen LogP contribution >= 0.6 is 8.58 Å². The lowest BCUT2D eigenvalue weighted by Crippen LogP contribution is -2.35. The summed E-state index contributed by atoms with van der Waals surface area (Å²) in [6.07, 6.45) is 2.93. The molecule has 160 valence electrons. The summed E-state index contributed by atoms with van der Waals surface area (Å²) in [5.41, 5.74) is 4.29. The van der Waals surface area contributed by atoms with Crippen molar-refractivity contribution in [3.63, 3.8) is 0 Å². The molecule has 0 bridgehead atoms. The highest BCUT2D eigenvalue weighted by atomic mass is 31.1. The van der Waals surface area contributed by atoms with Gasteiger partial charge in [0.15, 0.2) is 5.52 Å². The topological polar surface area (TPSA) is 42.4 Å². The lowest BCUT2D eigenvalue weighted by Gasteiger charge is -2.26. The number of carbonyl (C=O) groups is 1. The van der Waals surface area contributed by atoms with Gasteiger partial charge in [-0.25, -0.2) is 4.39 Å². The zero-order valence-electron chi connectivity index (χ0n) is 17.4. The van der Waals surface area contributed by atoms with Gasteiger partial charge in [0.25, 0.3) is 0 Å². The van der Waals surface area contributed by atoms with Gasteiger partial charge in [-0.05, 0) is 37.5 Å². The Bertz CT molecular complexity index is 1010. The highest BCUT2D eigenvalue weighted by molar-refractivity contribution is 7.57. The molecule has 31 heavy (non-hydrogen) atoms. The van der Waals surface area contributed by atoms with Gasteiger partial charge in [-0.3, -0.25) is 14.7 Å². The van der Waals surface area contributed by atoms with E-state index >= 15 is 0 Å². The van der Waals surface area contributed by atoms with E-state index in [0.29, 0.717) is 18.7 Å². The molecule has 1 aliphatic rings. The Morgan fingerprint density at radius 1 is 1.00 bits per heavy atom. The minimum Gasteiger partial charge on any atom is -0.379 e. The van der Waals surface area contributed by atoms with Gasteiger partial charge in [-0.15, -0.1) is 0 Å². The summed E-state index contributed by atoms with van der Waals surface area (Å²) >= 11 is 0. The molecule has 4 nitrogen and oxygen atoms in total. The largest absolute Gasteiger partial charge is 0.379 e. The van der Waals surface area contributed by atoms with E-state index in [0.717, 1.165) is 49.2 Å². The van der Waals surface area contributed by atoms with E-state index in [9.17, 15) is 9.18 Å². The fraction of sp³-hybridized carbons (Fsp3) is 0.280. The van der Waals surface area contributed by atoms with Crippen LogP contribution in [0.15, 0.2) is 66.9 Å². The van der Waals surface area contributed by atoms with Crippen molar-refractivity contribution in [1.29, 1.82) is 0 Å². The number of ether oxygens (including phenoxy) is 1. The number of carbonyl (C=O) groups excluding carboxylic acids is 1. The second-order valence-electron chi connectivity index (χ2n) is 7.70. The minimum atomic E-state index is -0.320. The smallest absolute Gasteiger partial charge is 0.156 e. The quantitative estimate of drug-likeness (QED) is 0.482. The first-order valence-electron chi connectivity index (χ1n) is 10.5. The molecule has 4 rings (SSSR count). The van der Waals surface area contributed by atoms with Crippen molar-refractivity contribution >= 4 is 14.1 Å². The first-order valence-corrected chi connectivity index (χ1v) is 11.7. The molecule has 1 aromatic heterocycles. The molecule has 1 aliphatic heterocycles. The molecule has 1 atom stereocenters. The highest BCUT2D eigenvalue weighted by Crippen LogP contribution is 2.25. The van der Waals surface area contributed by atoms with Gasteiger partial charge < -0.3 is 4.74 Å².